The number of nitrogens with zero attached hydrogens (tertiary/aromatic N) is 2. The van der Waals surface area contributed by atoms with Gasteiger partial charge in [-0.2, -0.15) is 0 Å². The first-order chi connectivity index (χ1) is 8.88. The smallest absolute Gasteiger partial charge is 0.262 e. The van der Waals surface area contributed by atoms with Crippen molar-refractivity contribution in [2.45, 2.75) is 11.8 Å². The molecule has 2 rings (SSSR count). The molecule has 0 spiro atoms. The zero-order valence-corrected chi connectivity index (χ0v) is 12.9. The first kappa shape index (κ1) is 14.2. The summed E-state index contributed by atoms with van der Waals surface area (Å²) in [5, 5.41) is 0.119. The largest absolute Gasteiger partial charge is 0.278 e. The number of hydrogen-bond donors (Lipinski definition) is 1. The Kier molecular flexibility index (Phi) is 4.07. The second kappa shape index (κ2) is 5.44. The van der Waals surface area contributed by atoms with Crippen molar-refractivity contribution in [3.8, 4) is 0 Å². The molecule has 100 valence electrons. The van der Waals surface area contributed by atoms with Gasteiger partial charge in [0.25, 0.3) is 10.0 Å². The lowest BCUT2D eigenvalue weighted by molar-refractivity contribution is 0.601. The quantitative estimate of drug-likeness (QED) is 0.852. The van der Waals surface area contributed by atoms with E-state index in [1.807, 2.05) is 6.92 Å². The molecule has 0 atom stereocenters. The second-order valence-electron chi connectivity index (χ2n) is 3.75. The number of anilines is 1. The summed E-state index contributed by atoms with van der Waals surface area (Å²) in [6.07, 6.45) is 2.76. The van der Waals surface area contributed by atoms with Crippen molar-refractivity contribution in [1.29, 1.82) is 0 Å². The molecule has 0 fully saturated rings. The summed E-state index contributed by atoms with van der Waals surface area (Å²) >= 11 is 8.93. The molecule has 2 heterocycles. The van der Waals surface area contributed by atoms with Gasteiger partial charge in [0, 0.05) is 6.20 Å². The maximum atomic E-state index is 12.1. The van der Waals surface area contributed by atoms with Crippen LogP contribution in [0.1, 0.15) is 5.56 Å². The van der Waals surface area contributed by atoms with Crippen LogP contribution in [0.4, 0.5) is 5.69 Å². The molecular weight excluding hydrogens is 354 g/mol. The minimum atomic E-state index is -3.70. The van der Waals surface area contributed by atoms with E-state index in [0.29, 0.717) is 10.3 Å². The second-order valence-corrected chi connectivity index (χ2v) is 6.57. The van der Waals surface area contributed by atoms with Gasteiger partial charge >= 0.3 is 0 Å². The highest BCUT2D eigenvalue weighted by molar-refractivity contribution is 9.10. The van der Waals surface area contributed by atoms with Gasteiger partial charge in [0.05, 0.1) is 16.8 Å². The van der Waals surface area contributed by atoms with Gasteiger partial charge in [0.15, 0.2) is 0 Å². The number of aryl methyl sites for hydroxylation is 1. The van der Waals surface area contributed by atoms with Gasteiger partial charge in [-0.05, 0) is 46.6 Å². The van der Waals surface area contributed by atoms with E-state index in [2.05, 4.69) is 30.6 Å². The monoisotopic (exact) mass is 361 g/mol. The van der Waals surface area contributed by atoms with E-state index in [1.54, 1.807) is 6.07 Å². The molecule has 0 saturated carbocycles. The van der Waals surface area contributed by atoms with Crippen molar-refractivity contribution < 1.29 is 8.42 Å². The summed E-state index contributed by atoms with van der Waals surface area (Å²) < 4.78 is 27.3. The highest BCUT2D eigenvalue weighted by Crippen LogP contribution is 2.20. The minimum Gasteiger partial charge on any atom is -0.278 e. The Hall–Kier alpha value is -1.18. The van der Waals surface area contributed by atoms with Crippen LogP contribution in [0.5, 0.6) is 0 Å². The Bertz CT molecular complexity index is 722. The van der Waals surface area contributed by atoms with E-state index in [0.717, 1.165) is 5.56 Å². The van der Waals surface area contributed by atoms with Gasteiger partial charge in [-0.25, -0.2) is 18.4 Å². The average Bonchev–Trinajstić information content (AvgIpc) is 2.33. The molecule has 8 heteroatoms. The van der Waals surface area contributed by atoms with E-state index in [1.165, 1.54) is 24.5 Å². The van der Waals surface area contributed by atoms with Crippen LogP contribution in [0.3, 0.4) is 0 Å². The van der Waals surface area contributed by atoms with Crippen LogP contribution in [0.25, 0.3) is 0 Å². The predicted molar refractivity (Wildman–Crippen MR) is 76.7 cm³/mol. The van der Waals surface area contributed by atoms with Crippen LogP contribution in [0, 0.1) is 6.92 Å². The van der Waals surface area contributed by atoms with E-state index >= 15 is 0 Å². The molecule has 2 aromatic heterocycles. The van der Waals surface area contributed by atoms with E-state index in [4.69, 9.17) is 11.6 Å². The summed E-state index contributed by atoms with van der Waals surface area (Å²) in [5.41, 5.74) is 1.21. The summed E-state index contributed by atoms with van der Waals surface area (Å²) in [4.78, 5) is 7.82. The molecule has 0 radical (unpaired) electrons. The summed E-state index contributed by atoms with van der Waals surface area (Å²) in [6.45, 7) is 1.82. The van der Waals surface area contributed by atoms with Gasteiger partial charge in [0.2, 0.25) is 0 Å². The average molecular weight is 363 g/mol. The van der Waals surface area contributed by atoms with Crippen LogP contribution in [0.2, 0.25) is 5.15 Å². The fraction of sp³-hybridized carbons (Fsp3) is 0.0909. The van der Waals surface area contributed by atoms with Gasteiger partial charge in [-0.3, -0.25) is 4.72 Å². The Morgan fingerprint density at radius 2 is 2.05 bits per heavy atom. The molecule has 0 saturated heterocycles. The van der Waals surface area contributed by atoms with E-state index in [9.17, 15) is 8.42 Å². The zero-order chi connectivity index (χ0) is 14.0. The fourth-order valence-electron chi connectivity index (χ4n) is 1.38. The topological polar surface area (TPSA) is 72.0 Å². The Morgan fingerprint density at radius 3 is 2.68 bits per heavy atom. The molecule has 0 aliphatic heterocycles. The fourth-order valence-corrected chi connectivity index (χ4v) is 2.88. The van der Waals surface area contributed by atoms with Gasteiger partial charge in [-0.1, -0.05) is 11.6 Å². The van der Waals surface area contributed by atoms with Crippen molar-refractivity contribution in [2.75, 3.05) is 4.72 Å². The molecule has 2 aromatic rings. The third-order valence-corrected chi connectivity index (χ3v) is 4.69. The van der Waals surface area contributed by atoms with Crippen molar-refractivity contribution in [3.63, 3.8) is 0 Å². The van der Waals surface area contributed by atoms with Gasteiger partial charge in [-0.15, -0.1) is 0 Å². The number of halogens is 2. The lowest BCUT2D eigenvalue weighted by Crippen LogP contribution is -2.13. The molecule has 0 aliphatic rings. The molecular formula is C11H9BrClN3O2S. The molecule has 1 N–H and O–H groups in total. The highest BCUT2D eigenvalue weighted by atomic mass is 79.9. The number of sulfonamides is 1. The number of hydrogen-bond acceptors (Lipinski definition) is 4. The van der Waals surface area contributed by atoms with Crippen molar-refractivity contribution in [1.82, 2.24) is 9.97 Å². The summed E-state index contributed by atoms with van der Waals surface area (Å²) in [5.74, 6) is 0. The van der Waals surface area contributed by atoms with E-state index < -0.39 is 10.0 Å². The van der Waals surface area contributed by atoms with E-state index in [-0.39, 0.29) is 10.0 Å². The van der Waals surface area contributed by atoms with Crippen molar-refractivity contribution in [2.24, 2.45) is 0 Å². The predicted octanol–water partition coefficient (Wildman–Crippen LogP) is 3.00. The molecule has 19 heavy (non-hydrogen) atoms. The molecule has 0 bridgehead atoms. The van der Waals surface area contributed by atoms with Crippen LogP contribution < -0.4 is 4.72 Å². The van der Waals surface area contributed by atoms with Crippen LogP contribution >= 0.6 is 27.5 Å². The Labute approximate surface area is 124 Å². The van der Waals surface area contributed by atoms with Gasteiger partial charge < -0.3 is 0 Å². The third-order valence-electron chi connectivity index (χ3n) is 2.27. The number of rotatable bonds is 3. The maximum absolute atomic E-state index is 12.1. The third kappa shape index (κ3) is 3.43. The van der Waals surface area contributed by atoms with Crippen LogP contribution in [-0.4, -0.2) is 18.4 Å². The number of pyridine rings is 2. The standard InChI is InChI=1S/C11H9BrClN3O2S/c1-7-4-8(6-15-11(7)12)16-19(17,18)9-2-3-14-10(13)5-9/h2-6,16H,1H3. The SMILES string of the molecule is Cc1cc(NS(=O)(=O)c2ccnc(Cl)c2)cnc1Br. The minimum absolute atomic E-state index is 0.0491. The Balaban J connectivity index is 2.33. The highest BCUT2D eigenvalue weighted by Gasteiger charge is 2.15. The molecule has 0 aliphatic carbocycles. The zero-order valence-electron chi connectivity index (χ0n) is 9.76. The molecule has 5 nitrogen and oxygen atoms in total. The van der Waals surface area contributed by atoms with Crippen molar-refractivity contribution in [3.05, 3.63) is 45.9 Å². The number of nitrogens with one attached hydrogen (secondary N) is 1. The first-order valence-corrected chi connectivity index (χ1v) is 7.80. The first-order valence-electron chi connectivity index (χ1n) is 5.15. The normalized spacial score (nSPS) is 11.3. The van der Waals surface area contributed by atoms with Crippen molar-refractivity contribution >= 4 is 43.2 Å². The molecule has 0 aromatic carbocycles. The number of aromatic nitrogens is 2. The Morgan fingerprint density at radius 1 is 1.32 bits per heavy atom. The van der Waals surface area contributed by atoms with Crippen LogP contribution in [-0.2, 0) is 10.0 Å². The summed E-state index contributed by atoms with van der Waals surface area (Å²) in [7, 11) is -3.70. The lowest BCUT2D eigenvalue weighted by atomic mass is 10.3. The maximum Gasteiger partial charge on any atom is 0.262 e. The molecule has 0 unspecified atom stereocenters. The summed E-state index contributed by atoms with van der Waals surface area (Å²) in [6, 6.07) is 4.33. The lowest BCUT2D eigenvalue weighted by Gasteiger charge is -2.08. The molecule has 0 amide bonds. The van der Waals surface area contributed by atoms with Gasteiger partial charge in [0.1, 0.15) is 9.76 Å². The van der Waals surface area contributed by atoms with Crippen LogP contribution in [0.15, 0.2) is 40.1 Å².